The maximum atomic E-state index is 3.49. The van der Waals surface area contributed by atoms with E-state index >= 15 is 0 Å². The number of aryl methyl sites for hydroxylation is 3. The van der Waals surface area contributed by atoms with Crippen molar-refractivity contribution in [2.45, 2.75) is 27.2 Å². The molecule has 1 nitrogen and oxygen atoms in total. The van der Waals surface area contributed by atoms with Gasteiger partial charge >= 0.3 is 0 Å². The van der Waals surface area contributed by atoms with Crippen LogP contribution in [0, 0.1) is 13.8 Å². The molecule has 31 heavy (non-hydrogen) atoms. The molecule has 0 heterocycles. The van der Waals surface area contributed by atoms with E-state index in [1.165, 1.54) is 39.0 Å². The van der Waals surface area contributed by atoms with E-state index in [-0.39, 0.29) is 0 Å². The van der Waals surface area contributed by atoms with E-state index in [1.807, 2.05) is 0 Å². The molecule has 0 atom stereocenters. The highest BCUT2D eigenvalue weighted by atomic mass is 14.9. The van der Waals surface area contributed by atoms with Crippen molar-refractivity contribution in [3.63, 3.8) is 0 Å². The smallest absolute Gasteiger partial charge is 0.0384 e. The molecule has 0 aromatic heterocycles. The molecular formula is C30H29N. The normalized spacial score (nSPS) is 11.4. The Kier molecular flexibility index (Phi) is 6.33. The van der Waals surface area contributed by atoms with Crippen LogP contribution in [-0.2, 0) is 6.42 Å². The minimum absolute atomic E-state index is 1.06. The van der Waals surface area contributed by atoms with Crippen LogP contribution in [0.3, 0.4) is 0 Å². The second-order valence-electron chi connectivity index (χ2n) is 8.02. The molecule has 0 saturated heterocycles. The van der Waals surface area contributed by atoms with Crippen molar-refractivity contribution < 1.29 is 0 Å². The average Bonchev–Trinajstić information content (AvgIpc) is 2.81. The van der Waals surface area contributed by atoms with Gasteiger partial charge in [-0.1, -0.05) is 79.7 Å². The summed E-state index contributed by atoms with van der Waals surface area (Å²) in [7, 11) is 0. The zero-order valence-electron chi connectivity index (χ0n) is 18.5. The summed E-state index contributed by atoms with van der Waals surface area (Å²) < 4.78 is 0. The van der Waals surface area contributed by atoms with Gasteiger partial charge in [-0.3, -0.25) is 0 Å². The molecule has 1 heteroatoms. The monoisotopic (exact) mass is 403 g/mol. The van der Waals surface area contributed by atoms with Crippen LogP contribution in [0.4, 0.5) is 11.4 Å². The van der Waals surface area contributed by atoms with Crippen LogP contribution in [0.1, 0.15) is 40.3 Å². The number of rotatable bonds is 6. The molecule has 0 bridgehead atoms. The molecule has 0 aliphatic rings. The summed E-state index contributed by atoms with van der Waals surface area (Å²) in [6.07, 6.45) is 3.34. The van der Waals surface area contributed by atoms with Crippen molar-refractivity contribution in [2.75, 3.05) is 5.32 Å². The molecule has 1 N–H and O–H groups in total. The van der Waals surface area contributed by atoms with E-state index in [0.717, 1.165) is 17.8 Å². The van der Waals surface area contributed by atoms with Crippen molar-refractivity contribution in [3.8, 4) is 0 Å². The molecule has 4 aromatic rings. The number of hydrogen-bond donors (Lipinski definition) is 1. The Balaban J connectivity index is 1.63. The molecule has 0 aliphatic heterocycles. The predicted octanol–water partition coefficient (Wildman–Crippen LogP) is 8.20. The Morgan fingerprint density at radius 2 is 1.32 bits per heavy atom. The first-order valence-electron chi connectivity index (χ1n) is 10.9. The van der Waals surface area contributed by atoms with E-state index in [1.54, 1.807) is 0 Å². The minimum Gasteiger partial charge on any atom is -0.356 e. The summed E-state index contributed by atoms with van der Waals surface area (Å²) in [5.74, 6) is 0. The molecule has 0 spiro atoms. The molecule has 4 aromatic carbocycles. The van der Waals surface area contributed by atoms with Gasteiger partial charge < -0.3 is 5.32 Å². The summed E-state index contributed by atoms with van der Waals surface area (Å²) in [4.78, 5) is 0. The Labute approximate surface area is 186 Å². The van der Waals surface area contributed by atoms with Gasteiger partial charge in [-0.15, -0.1) is 0 Å². The molecule has 0 amide bonds. The third-order valence-corrected chi connectivity index (χ3v) is 5.78. The molecule has 0 fully saturated rings. The van der Waals surface area contributed by atoms with E-state index in [4.69, 9.17) is 0 Å². The SMILES string of the molecule is CCc1ccc(Nc2ccc(/C=C(\c3ccccc3)c3ccc(C)c(C)c3)cc2)cc1. The van der Waals surface area contributed by atoms with Crippen LogP contribution >= 0.6 is 0 Å². The first kappa shape index (κ1) is 20.7. The van der Waals surface area contributed by atoms with E-state index < -0.39 is 0 Å². The van der Waals surface area contributed by atoms with E-state index in [0.29, 0.717) is 0 Å². The lowest BCUT2D eigenvalue weighted by Crippen LogP contribution is -1.92. The van der Waals surface area contributed by atoms with Crippen molar-refractivity contribution in [3.05, 3.63) is 130 Å². The van der Waals surface area contributed by atoms with Crippen LogP contribution in [0.5, 0.6) is 0 Å². The number of hydrogen-bond acceptors (Lipinski definition) is 1. The highest BCUT2D eigenvalue weighted by molar-refractivity contribution is 5.91. The van der Waals surface area contributed by atoms with Crippen molar-refractivity contribution in [1.29, 1.82) is 0 Å². The quantitative estimate of drug-likeness (QED) is 0.320. The van der Waals surface area contributed by atoms with Gasteiger partial charge in [0, 0.05) is 11.4 Å². The van der Waals surface area contributed by atoms with Crippen molar-refractivity contribution in [1.82, 2.24) is 0 Å². The second-order valence-corrected chi connectivity index (χ2v) is 8.02. The predicted molar refractivity (Wildman–Crippen MR) is 135 cm³/mol. The average molecular weight is 404 g/mol. The molecule has 0 saturated carbocycles. The summed E-state index contributed by atoms with van der Waals surface area (Å²) in [6, 6.07) is 34.6. The highest BCUT2D eigenvalue weighted by Gasteiger charge is 2.07. The Morgan fingerprint density at radius 3 is 1.94 bits per heavy atom. The second kappa shape index (κ2) is 9.49. The van der Waals surface area contributed by atoms with Gasteiger partial charge in [-0.05, 0) is 89.6 Å². The van der Waals surface area contributed by atoms with E-state index in [2.05, 4.69) is 129 Å². The number of anilines is 2. The van der Waals surface area contributed by atoms with Gasteiger partial charge in [0.05, 0.1) is 0 Å². The van der Waals surface area contributed by atoms with Gasteiger partial charge in [0.1, 0.15) is 0 Å². The van der Waals surface area contributed by atoms with Gasteiger partial charge in [0.2, 0.25) is 0 Å². The fraction of sp³-hybridized carbons (Fsp3) is 0.133. The lowest BCUT2D eigenvalue weighted by atomic mass is 9.93. The molecular weight excluding hydrogens is 374 g/mol. The van der Waals surface area contributed by atoms with Crippen LogP contribution in [0.15, 0.2) is 97.1 Å². The molecule has 0 radical (unpaired) electrons. The summed E-state index contributed by atoms with van der Waals surface area (Å²) >= 11 is 0. The topological polar surface area (TPSA) is 12.0 Å². The maximum absolute atomic E-state index is 3.49. The molecule has 4 rings (SSSR count). The van der Waals surface area contributed by atoms with Gasteiger partial charge in [-0.25, -0.2) is 0 Å². The van der Waals surface area contributed by atoms with E-state index in [9.17, 15) is 0 Å². The summed E-state index contributed by atoms with van der Waals surface area (Å²) in [5, 5.41) is 3.49. The van der Waals surface area contributed by atoms with Crippen molar-refractivity contribution in [2.24, 2.45) is 0 Å². The minimum atomic E-state index is 1.06. The van der Waals surface area contributed by atoms with Crippen LogP contribution in [-0.4, -0.2) is 0 Å². The summed E-state index contributed by atoms with van der Waals surface area (Å²) in [5.41, 5.74) is 11.1. The first-order chi connectivity index (χ1) is 15.1. The largest absolute Gasteiger partial charge is 0.356 e. The molecule has 0 unspecified atom stereocenters. The lowest BCUT2D eigenvalue weighted by Gasteiger charge is -2.12. The third kappa shape index (κ3) is 5.13. The standard InChI is InChI=1S/C30H29N/c1-4-24-11-16-28(17-12-24)31-29-18-13-25(14-19-29)21-30(26-8-6-5-7-9-26)27-15-10-22(2)23(3)20-27/h5-21,31H,4H2,1-3H3/b30-21+. The van der Waals surface area contributed by atoms with Crippen LogP contribution < -0.4 is 5.32 Å². The zero-order chi connectivity index (χ0) is 21.6. The van der Waals surface area contributed by atoms with Gasteiger partial charge in [0.15, 0.2) is 0 Å². The first-order valence-corrected chi connectivity index (χ1v) is 10.9. The molecule has 0 aliphatic carbocycles. The van der Waals surface area contributed by atoms with Crippen LogP contribution in [0.2, 0.25) is 0 Å². The Bertz CT molecular complexity index is 1170. The number of nitrogens with one attached hydrogen (secondary N) is 1. The fourth-order valence-corrected chi connectivity index (χ4v) is 3.68. The van der Waals surface area contributed by atoms with Crippen molar-refractivity contribution >= 4 is 23.0 Å². The molecule has 154 valence electrons. The lowest BCUT2D eigenvalue weighted by molar-refractivity contribution is 1.14. The zero-order valence-corrected chi connectivity index (χ0v) is 18.5. The fourth-order valence-electron chi connectivity index (χ4n) is 3.68. The Hall–Kier alpha value is -3.58. The maximum Gasteiger partial charge on any atom is 0.0384 e. The van der Waals surface area contributed by atoms with Crippen LogP contribution in [0.25, 0.3) is 11.6 Å². The third-order valence-electron chi connectivity index (χ3n) is 5.78. The Morgan fingerprint density at radius 1 is 0.677 bits per heavy atom. The highest BCUT2D eigenvalue weighted by Crippen LogP contribution is 2.28. The van der Waals surface area contributed by atoms with Gasteiger partial charge in [-0.2, -0.15) is 0 Å². The van der Waals surface area contributed by atoms with Gasteiger partial charge in [0.25, 0.3) is 0 Å². The summed E-state index contributed by atoms with van der Waals surface area (Å²) in [6.45, 7) is 6.51. The number of benzene rings is 4.